The largest absolute Gasteiger partial charge is 0.465 e. The molecule has 1 aromatic rings. The molecule has 0 amide bonds. The number of nitrogens with two attached hydrogens (primary N) is 1. The summed E-state index contributed by atoms with van der Waals surface area (Å²) in [6.45, 7) is 3.98. The first-order valence-electron chi connectivity index (χ1n) is 4.79. The van der Waals surface area contributed by atoms with E-state index in [4.69, 9.17) is 10.5 Å². The third-order valence-corrected chi connectivity index (χ3v) is 5.10. The molecule has 1 rings (SSSR count). The molecule has 0 radical (unpaired) electrons. The van der Waals surface area contributed by atoms with E-state index in [-0.39, 0.29) is 12.0 Å². The molecule has 2 unspecified atom stereocenters. The Morgan fingerprint density at radius 3 is 2.75 bits per heavy atom. The Bertz CT molecular complexity index is 381. The fourth-order valence-electron chi connectivity index (χ4n) is 1.22. The lowest BCUT2D eigenvalue weighted by Gasteiger charge is -2.20. The van der Waals surface area contributed by atoms with Crippen molar-refractivity contribution in [3.8, 4) is 0 Å². The second kappa shape index (κ2) is 6.15. The van der Waals surface area contributed by atoms with E-state index in [1.807, 2.05) is 11.5 Å². The lowest BCUT2D eigenvalue weighted by Crippen LogP contribution is -2.39. The lowest BCUT2D eigenvalue weighted by atomic mass is 10.1. The van der Waals surface area contributed by atoms with Gasteiger partial charge in [0, 0.05) is 0 Å². The topological polar surface area (TPSA) is 70.1 Å². The molecule has 7 heteroatoms. The number of imidazole rings is 1. The third kappa shape index (κ3) is 3.06. The molecule has 1 heterocycles. The van der Waals surface area contributed by atoms with Gasteiger partial charge in [-0.15, -0.1) is 0 Å². The highest BCUT2D eigenvalue weighted by Crippen LogP contribution is 2.19. The van der Waals surface area contributed by atoms with Gasteiger partial charge in [0.25, 0.3) is 0 Å². The number of aromatic nitrogens is 2. The van der Waals surface area contributed by atoms with Gasteiger partial charge in [-0.2, -0.15) is 0 Å². The van der Waals surface area contributed by atoms with Gasteiger partial charge in [0.05, 0.1) is 19.0 Å². The third-order valence-electron chi connectivity index (χ3n) is 2.21. The van der Waals surface area contributed by atoms with Crippen molar-refractivity contribution in [2.45, 2.75) is 25.9 Å². The summed E-state index contributed by atoms with van der Waals surface area (Å²) in [7, 11) is 0. The van der Waals surface area contributed by atoms with Crippen LogP contribution in [0, 0.1) is 7.40 Å². The smallest absolute Gasteiger partial charge is 0.325 e. The summed E-state index contributed by atoms with van der Waals surface area (Å²) in [6.07, 6.45) is 1.69. The molecule has 0 aliphatic rings. The standard InChI is InChI=1S/C9H13I2N3O2/c1-3-16-9(15)6(12)5(2)14-4-13-7(10)8(14)11/h4-6H,3,12H2,1-2H3. The number of carbonyl (C=O) groups is 1. The maximum Gasteiger partial charge on any atom is 0.325 e. The van der Waals surface area contributed by atoms with Crippen molar-refractivity contribution in [1.82, 2.24) is 9.55 Å². The maximum atomic E-state index is 11.5. The molecule has 0 saturated heterocycles. The number of hydrogen-bond acceptors (Lipinski definition) is 4. The Morgan fingerprint density at radius 1 is 1.69 bits per heavy atom. The Labute approximate surface area is 121 Å². The number of carbonyl (C=O) groups excluding carboxylic acids is 1. The molecule has 0 spiro atoms. The fourth-order valence-corrected chi connectivity index (χ4v) is 2.32. The van der Waals surface area contributed by atoms with Crippen LogP contribution in [0.25, 0.3) is 0 Å². The van der Waals surface area contributed by atoms with Crippen LogP contribution in [0.5, 0.6) is 0 Å². The van der Waals surface area contributed by atoms with Gasteiger partial charge in [-0.05, 0) is 59.0 Å². The molecule has 1 aromatic heterocycles. The van der Waals surface area contributed by atoms with Gasteiger partial charge in [0.15, 0.2) is 0 Å². The Morgan fingerprint density at radius 2 is 2.31 bits per heavy atom. The number of hydrogen-bond donors (Lipinski definition) is 1. The highest BCUT2D eigenvalue weighted by Gasteiger charge is 2.25. The van der Waals surface area contributed by atoms with E-state index in [1.54, 1.807) is 13.3 Å². The second-order valence-electron chi connectivity index (χ2n) is 3.25. The van der Waals surface area contributed by atoms with Crippen LogP contribution >= 0.6 is 45.2 Å². The summed E-state index contributed by atoms with van der Waals surface area (Å²) in [5.41, 5.74) is 5.83. The van der Waals surface area contributed by atoms with Crippen LogP contribution in [-0.2, 0) is 9.53 Å². The van der Waals surface area contributed by atoms with Crippen molar-refractivity contribution in [2.75, 3.05) is 6.61 Å². The first kappa shape index (κ1) is 14.2. The predicted molar refractivity (Wildman–Crippen MR) is 77.0 cm³/mol. The van der Waals surface area contributed by atoms with E-state index < -0.39 is 6.04 Å². The second-order valence-corrected chi connectivity index (χ2v) is 5.30. The highest BCUT2D eigenvalue weighted by atomic mass is 127. The predicted octanol–water partition coefficient (Wildman–Crippen LogP) is 1.54. The van der Waals surface area contributed by atoms with Gasteiger partial charge in [-0.25, -0.2) is 4.98 Å². The van der Waals surface area contributed by atoms with Crippen molar-refractivity contribution in [2.24, 2.45) is 5.73 Å². The molecule has 2 N–H and O–H groups in total. The van der Waals surface area contributed by atoms with Crippen molar-refractivity contribution in [3.05, 3.63) is 13.7 Å². The van der Waals surface area contributed by atoms with Crippen molar-refractivity contribution >= 4 is 51.2 Å². The summed E-state index contributed by atoms with van der Waals surface area (Å²) in [4.78, 5) is 15.7. The summed E-state index contributed by atoms with van der Waals surface area (Å²) < 4.78 is 8.65. The zero-order valence-electron chi connectivity index (χ0n) is 8.98. The van der Waals surface area contributed by atoms with Crippen LogP contribution in [0.1, 0.15) is 19.9 Å². The first-order chi connectivity index (χ1) is 7.49. The van der Waals surface area contributed by atoms with Crippen molar-refractivity contribution in [1.29, 1.82) is 0 Å². The zero-order valence-corrected chi connectivity index (χ0v) is 13.3. The van der Waals surface area contributed by atoms with Crippen molar-refractivity contribution < 1.29 is 9.53 Å². The average Bonchev–Trinajstić information content (AvgIpc) is 2.58. The minimum absolute atomic E-state index is 0.165. The molecular weight excluding hydrogens is 436 g/mol. The molecule has 90 valence electrons. The summed E-state index contributed by atoms with van der Waals surface area (Å²) in [5, 5.41) is 0. The molecule has 0 aliphatic heterocycles. The number of nitrogens with zero attached hydrogens (tertiary/aromatic N) is 2. The quantitative estimate of drug-likeness (QED) is 0.560. The summed E-state index contributed by atoms with van der Waals surface area (Å²) >= 11 is 4.32. The number of esters is 1. The molecule has 0 bridgehead atoms. The molecular formula is C9H13I2N3O2. The Balaban J connectivity index is 2.81. The minimum Gasteiger partial charge on any atom is -0.465 e. The zero-order chi connectivity index (χ0) is 12.3. The Kier molecular flexibility index (Phi) is 5.44. The molecule has 0 fully saturated rings. The van der Waals surface area contributed by atoms with Gasteiger partial charge < -0.3 is 15.0 Å². The summed E-state index contributed by atoms with van der Waals surface area (Å²) in [5.74, 6) is -0.380. The average molecular weight is 449 g/mol. The normalized spacial score (nSPS) is 14.6. The Hall–Kier alpha value is 0.100. The van der Waals surface area contributed by atoms with Crippen LogP contribution in [-0.4, -0.2) is 28.2 Å². The van der Waals surface area contributed by atoms with E-state index in [9.17, 15) is 4.79 Å². The van der Waals surface area contributed by atoms with E-state index in [0.29, 0.717) is 6.61 Å². The molecule has 0 aliphatic carbocycles. The number of halogens is 2. The minimum atomic E-state index is -0.668. The first-order valence-corrected chi connectivity index (χ1v) is 6.94. The monoisotopic (exact) mass is 449 g/mol. The van der Waals surface area contributed by atoms with E-state index in [1.165, 1.54) is 0 Å². The molecule has 16 heavy (non-hydrogen) atoms. The maximum absolute atomic E-state index is 11.5. The molecule has 2 atom stereocenters. The highest BCUT2D eigenvalue weighted by molar-refractivity contribution is 14.1. The van der Waals surface area contributed by atoms with Crippen LogP contribution in [0.3, 0.4) is 0 Å². The lowest BCUT2D eigenvalue weighted by molar-refractivity contribution is -0.145. The van der Waals surface area contributed by atoms with Crippen LogP contribution in [0.2, 0.25) is 0 Å². The van der Waals surface area contributed by atoms with Gasteiger partial charge in [-0.1, -0.05) is 0 Å². The van der Waals surface area contributed by atoms with Crippen LogP contribution < -0.4 is 5.73 Å². The van der Waals surface area contributed by atoms with Crippen LogP contribution in [0.15, 0.2) is 6.33 Å². The van der Waals surface area contributed by atoms with Crippen molar-refractivity contribution in [3.63, 3.8) is 0 Å². The fraction of sp³-hybridized carbons (Fsp3) is 0.556. The molecule has 0 saturated carbocycles. The summed E-state index contributed by atoms with van der Waals surface area (Å²) in [6, 6.07) is -0.833. The van der Waals surface area contributed by atoms with Gasteiger partial charge >= 0.3 is 5.97 Å². The molecule has 0 aromatic carbocycles. The van der Waals surface area contributed by atoms with E-state index in [2.05, 4.69) is 50.2 Å². The SMILES string of the molecule is CCOC(=O)C(N)C(C)n1cnc(I)c1I. The van der Waals surface area contributed by atoms with E-state index in [0.717, 1.165) is 7.40 Å². The van der Waals surface area contributed by atoms with Gasteiger partial charge in [-0.3, -0.25) is 4.79 Å². The molecule has 5 nitrogen and oxygen atoms in total. The number of rotatable bonds is 4. The van der Waals surface area contributed by atoms with E-state index >= 15 is 0 Å². The number of ether oxygens (including phenoxy) is 1. The van der Waals surface area contributed by atoms with Gasteiger partial charge in [0.2, 0.25) is 0 Å². The van der Waals surface area contributed by atoms with Crippen LogP contribution in [0.4, 0.5) is 0 Å². The van der Waals surface area contributed by atoms with Gasteiger partial charge in [0.1, 0.15) is 13.4 Å².